The number of piperidine rings is 1. The maximum Gasteiger partial charge on any atom is 0.193 e. The number of carbonyl (C=O) groups excluding carboxylic acids is 1. The second-order valence-electron chi connectivity index (χ2n) is 9.79. The van der Waals surface area contributed by atoms with Crippen molar-refractivity contribution in [3.8, 4) is 0 Å². The average molecular weight is 492 g/mol. The zero-order chi connectivity index (χ0) is 24.6. The first-order chi connectivity index (χ1) is 16.9. The third-order valence-corrected chi connectivity index (χ3v) is 9.24. The van der Waals surface area contributed by atoms with Crippen molar-refractivity contribution in [2.75, 3.05) is 24.7 Å². The number of nitrogens with zero attached hydrogens (tertiary/aromatic N) is 2. The Morgan fingerprint density at radius 1 is 1.11 bits per heavy atom. The second-order valence-corrected chi connectivity index (χ2v) is 11.9. The minimum Gasteiger partial charge on any atom is -0.339 e. The predicted molar refractivity (Wildman–Crippen MR) is 141 cm³/mol. The van der Waals surface area contributed by atoms with E-state index in [1.54, 1.807) is 28.9 Å². The number of hydrogen-bond donors (Lipinski definition) is 1. The molecule has 1 fully saturated rings. The zero-order valence-corrected chi connectivity index (χ0v) is 21.1. The molecular weight excluding hydrogens is 458 g/mol. The van der Waals surface area contributed by atoms with E-state index in [-0.39, 0.29) is 16.4 Å². The summed E-state index contributed by atoms with van der Waals surface area (Å²) in [4.78, 5) is 16.2. The summed E-state index contributed by atoms with van der Waals surface area (Å²) in [5, 5.41) is 0.959. The molecule has 184 valence electrons. The molecule has 0 bridgehead atoms. The summed E-state index contributed by atoms with van der Waals surface area (Å²) in [5.74, 6) is 6.19. The lowest BCUT2D eigenvalue weighted by molar-refractivity contribution is 0.103. The van der Waals surface area contributed by atoms with Crippen LogP contribution < -0.4 is 5.84 Å². The molecule has 1 atom stereocenters. The number of benzene rings is 2. The second kappa shape index (κ2) is 9.63. The summed E-state index contributed by atoms with van der Waals surface area (Å²) in [6.45, 7) is 4.08. The van der Waals surface area contributed by atoms with Crippen LogP contribution in [0.1, 0.15) is 66.9 Å². The predicted octanol–water partition coefficient (Wildman–Crippen LogP) is 4.80. The highest BCUT2D eigenvalue weighted by molar-refractivity contribution is 7.91. The topological polar surface area (TPSA) is 85.4 Å². The first-order valence-corrected chi connectivity index (χ1v) is 14.2. The highest BCUT2D eigenvalue weighted by Gasteiger charge is 2.27. The molecule has 0 saturated carbocycles. The van der Waals surface area contributed by atoms with E-state index in [9.17, 15) is 13.2 Å². The number of carbonyl (C=O) groups is 1. The molecule has 7 heteroatoms. The Labute approximate surface area is 207 Å². The molecule has 2 N–H and O–H groups in total. The van der Waals surface area contributed by atoms with Crippen LogP contribution in [-0.4, -0.2) is 48.7 Å². The fourth-order valence-electron chi connectivity index (χ4n) is 5.42. The molecule has 2 aromatic carbocycles. The highest BCUT2D eigenvalue weighted by atomic mass is 32.2. The van der Waals surface area contributed by atoms with Crippen molar-refractivity contribution in [1.82, 2.24) is 9.58 Å². The van der Waals surface area contributed by atoms with Crippen LogP contribution >= 0.6 is 0 Å². The van der Waals surface area contributed by atoms with Crippen LogP contribution in [0.2, 0.25) is 0 Å². The van der Waals surface area contributed by atoms with Crippen molar-refractivity contribution in [3.63, 3.8) is 0 Å². The molecule has 0 spiro atoms. The maximum absolute atomic E-state index is 13.4. The molecule has 35 heavy (non-hydrogen) atoms. The third-order valence-electron chi connectivity index (χ3n) is 7.44. The fraction of sp³-hybridized carbons (Fsp3) is 0.393. The third kappa shape index (κ3) is 4.67. The van der Waals surface area contributed by atoms with Crippen LogP contribution in [-0.2, 0) is 9.84 Å². The Morgan fingerprint density at radius 2 is 1.94 bits per heavy atom. The Bertz CT molecular complexity index is 1400. The molecule has 5 rings (SSSR count). The molecular formula is C28H33N3O3S. The van der Waals surface area contributed by atoms with Gasteiger partial charge in [0.1, 0.15) is 0 Å². The highest BCUT2D eigenvalue weighted by Crippen LogP contribution is 2.35. The van der Waals surface area contributed by atoms with E-state index in [0.29, 0.717) is 23.6 Å². The number of unbranched alkanes of at least 4 members (excludes halogenated alkanes) is 1. The van der Waals surface area contributed by atoms with Gasteiger partial charge in [-0.05, 0) is 68.1 Å². The minimum atomic E-state index is -3.41. The van der Waals surface area contributed by atoms with E-state index < -0.39 is 9.84 Å². The van der Waals surface area contributed by atoms with Gasteiger partial charge in [-0.3, -0.25) is 14.4 Å². The molecule has 1 unspecified atom stereocenters. The van der Waals surface area contributed by atoms with Gasteiger partial charge in [-0.1, -0.05) is 38.0 Å². The monoisotopic (exact) mass is 491 g/mol. The van der Waals surface area contributed by atoms with Gasteiger partial charge < -0.3 is 5.84 Å². The number of rotatable bonds is 7. The van der Waals surface area contributed by atoms with Crippen molar-refractivity contribution in [3.05, 3.63) is 71.4 Å². The molecule has 0 aliphatic carbocycles. The standard InChI is InChI=1S/C28H33N3O3S/c1-2-3-15-35(33,34)24-9-6-7-21(17-24)28(32)22-10-11-27-25(18-22)26(19-31(27)29)20-12-14-30-13-5-4-8-23(30)16-20/h6-7,9-12,17-19,23H,2-5,8,13-16,29H2,1H3. The van der Waals surface area contributed by atoms with Crippen LogP contribution in [0.15, 0.2) is 59.6 Å². The van der Waals surface area contributed by atoms with Crippen LogP contribution in [0.5, 0.6) is 0 Å². The number of hydrogen-bond acceptors (Lipinski definition) is 5. The van der Waals surface area contributed by atoms with Gasteiger partial charge in [0.25, 0.3) is 0 Å². The fourth-order valence-corrected chi connectivity index (χ4v) is 6.91. The molecule has 2 aliphatic heterocycles. The van der Waals surface area contributed by atoms with E-state index >= 15 is 0 Å². The quantitative estimate of drug-likeness (QED) is 0.379. The summed E-state index contributed by atoms with van der Waals surface area (Å²) < 4.78 is 27.0. The number of aromatic nitrogens is 1. The smallest absolute Gasteiger partial charge is 0.193 e. The summed E-state index contributed by atoms with van der Waals surface area (Å²) >= 11 is 0. The SMILES string of the molecule is CCCCS(=O)(=O)c1cccc(C(=O)c2ccc3c(c2)c(C2=CCN4CCCCC4C2)cn3N)c1. The Morgan fingerprint density at radius 3 is 2.77 bits per heavy atom. The van der Waals surface area contributed by atoms with Crippen LogP contribution in [0.25, 0.3) is 16.5 Å². The van der Waals surface area contributed by atoms with Gasteiger partial charge in [-0.15, -0.1) is 0 Å². The maximum atomic E-state index is 13.4. The van der Waals surface area contributed by atoms with Crippen LogP contribution in [0, 0.1) is 0 Å². The first kappa shape index (κ1) is 23.8. The summed E-state index contributed by atoms with van der Waals surface area (Å²) in [6, 6.07) is 12.5. The molecule has 2 aliphatic rings. The molecule has 1 aromatic heterocycles. The van der Waals surface area contributed by atoms with Crippen molar-refractivity contribution >= 4 is 32.1 Å². The number of nitrogen functional groups attached to an aromatic ring is 1. The van der Waals surface area contributed by atoms with Crippen molar-refractivity contribution in [2.24, 2.45) is 0 Å². The van der Waals surface area contributed by atoms with E-state index in [2.05, 4.69) is 11.0 Å². The van der Waals surface area contributed by atoms with Gasteiger partial charge in [-0.25, -0.2) is 8.42 Å². The van der Waals surface area contributed by atoms with Gasteiger partial charge in [0, 0.05) is 40.9 Å². The van der Waals surface area contributed by atoms with Crippen molar-refractivity contribution in [1.29, 1.82) is 0 Å². The van der Waals surface area contributed by atoms with E-state index in [4.69, 9.17) is 5.84 Å². The molecule has 3 heterocycles. The molecule has 0 radical (unpaired) electrons. The zero-order valence-electron chi connectivity index (χ0n) is 20.2. The van der Waals surface area contributed by atoms with Gasteiger partial charge >= 0.3 is 0 Å². The lowest BCUT2D eigenvalue weighted by atomic mass is 9.88. The van der Waals surface area contributed by atoms with Gasteiger partial charge in [0.05, 0.1) is 16.2 Å². The van der Waals surface area contributed by atoms with Gasteiger partial charge in [0.2, 0.25) is 0 Å². The lowest BCUT2D eigenvalue weighted by Crippen LogP contribution is -2.41. The Hall–Kier alpha value is -2.90. The number of ketones is 1. The summed E-state index contributed by atoms with van der Waals surface area (Å²) in [6.07, 6.45) is 10.4. The van der Waals surface area contributed by atoms with Crippen molar-refractivity contribution in [2.45, 2.75) is 56.4 Å². The lowest BCUT2D eigenvalue weighted by Gasteiger charge is -2.38. The Balaban J connectivity index is 1.48. The number of fused-ring (bicyclic) bond motifs is 2. The largest absolute Gasteiger partial charge is 0.339 e. The van der Waals surface area contributed by atoms with Crippen molar-refractivity contribution < 1.29 is 13.2 Å². The van der Waals surface area contributed by atoms with Gasteiger partial charge in [0.15, 0.2) is 15.6 Å². The average Bonchev–Trinajstić information content (AvgIpc) is 3.22. The minimum absolute atomic E-state index is 0.0913. The summed E-state index contributed by atoms with van der Waals surface area (Å²) in [5.41, 5.74) is 4.16. The normalized spacial score (nSPS) is 18.9. The van der Waals surface area contributed by atoms with Crippen LogP contribution in [0.4, 0.5) is 0 Å². The number of sulfone groups is 1. The summed E-state index contributed by atoms with van der Waals surface area (Å²) in [7, 11) is -3.41. The van der Waals surface area contributed by atoms with E-state index in [1.165, 1.54) is 37.4 Å². The molecule has 0 amide bonds. The van der Waals surface area contributed by atoms with Crippen LogP contribution in [0.3, 0.4) is 0 Å². The number of nitrogens with two attached hydrogens (primary N) is 1. The van der Waals surface area contributed by atoms with Gasteiger partial charge in [-0.2, -0.15) is 0 Å². The Kier molecular flexibility index (Phi) is 6.55. The molecule has 1 saturated heterocycles. The van der Waals surface area contributed by atoms with E-state index in [0.717, 1.165) is 35.9 Å². The van der Waals surface area contributed by atoms with E-state index in [1.807, 2.05) is 25.3 Å². The molecule has 3 aromatic rings. The first-order valence-electron chi connectivity index (χ1n) is 12.6. The molecule has 6 nitrogen and oxygen atoms in total.